The normalized spacial score (nSPS) is 12.6. The number of rotatable bonds is 9. The van der Waals surface area contributed by atoms with Crippen LogP contribution in [0.4, 0.5) is 0 Å². The van der Waals surface area contributed by atoms with E-state index in [1.54, 1.807) is 12.2 Å². The van der Waals surface area contributed by atoms with Crippen LogP contribution in [0.15, 0.2) is 110 Å². The van der Waals surface area contributed by atoms with Crippen LogP contribution in [0.5, 0.6) is 23.0 Å². The number of hydrogen-bond acceptors (Lipinski definition) is 3. The summed E-state index contributed by atoms with van der Waals surface area (Å²) in [6.07, 6.45) is 4.59. The van der Waals surface area contributed by atoms with E-state index in [4.69, 9.17) is 14.2 Å². The summed E-state index contributed by atoms with van der Waals surface area (Å²) in [5, 5.41) is 4.56. The van der Waals surface area contributed by atoms with Crippen molar-refractivity contribution < 1.29 is 14.2 Å². The van der Waals surface area contributed by atoms with Crippen LogP contribution in [-0.4, -0.2) is 13.2 Å². The highest BCUT2D eigenvalue weighted by atomic mass is 16.5. The molecule has 5 aromatic rings. The summed E-state index contributed by atoms with van der Waals surface area (Å²) in [4.78, 5) is 0. The maximum Gasteiger partial charge on any atom is 0.132 e. The molecule has 0 spiro atoms. The standard InChI is InChI=1S/C37H34O3/c1-5-19-38-29-13-15-31-27(22-29)11-17-33-36(31)35(26-9-7-25(8-10-26)21-24(3)4)37-32-16-14-30(39-20-6-2)23-28(32)12-18-34(37)40-33/h5-18,22-24,35H,1-2,19-21H2,3-4H3. The molecule has 0 bridgehead atoms. The van der Waals surface area contributed by atoms with E-state index >= 15 is 0 Å². The first-order chi connectivity index (χ1) is 19.6. The molecule has 1 aliphatic heterocycles. The Labute approximate surface area is 236 Å². The monoisotopic (exact) mass is 526 g/mol. The molecule has 0 N–H and O–H groups in total. The highest BCUT2D eigenvalue weighted by Gasteiger charge is 2.32. The minimum Gasteiger partial charge on any atom is -0.490 e. The first kappa shape index (κ1) is 25.8. The Balaban J connectivity index is 1.56. The third-order valence-corrected chi connectivity index (χ3v) is 7.48. The summed E-state index contributed by atoms with van der Waals surface area (Å²) in [7, 11) is 0. The van der Waals surface area contributed by atoms with Crippen molar-refractivity contribution in [3.05, 3.63) is 132 Å². The zero-order valence-corrected chi connectivity index (χ0v) is 23.2. The van der Waals surface area contributed by atoms with Crippen molar-refractivity contribution in [1.29, 1.82) is 0 Å². The molecule has 1 heterocycles. The van der Waals surface area contributed by atoms with Crippen LogP contribution >= 0.6 is 0 Å². The zero-order chi connectivity index (χ0) is 27.6. The SMILES string of the molecule is C=CCOc1ccc2c3c(ccc2c1)Oc1ccc2cc(OCC=C)ccc2c1C3c1ccc(CC(C)C)cc1. The Morgan fingerprint density at radius 1 is 0.700 bits per heavy atom. The van der Waals surface area contributed by atoms with Crippen molar-refractivity contribution in [2.45, 2.75) is 26.2 Å². The highest BCUT2D eigenvalue weighted by Crippen LogP contribution is 2.52. The fourth-order valence-corrected chi connectivity index (χ4v) is 5.80. The summed E-state index contributed by atoms with van der Waals surface area (Å²) < 4.78 is 18.3. The van der Waals surface area contributed by atoms with Gasteiger partial charge in [0.2, 0.25) is 0 Å². The quantitative estimate of drug-likeness (QED) is 0.176. The van der Waals surface area contributed by atoms with Gasteiger partial charge in [-0.15, -0.1) is 0 Å². The molecule has 0 aliphatic carbocycles. The van der Waals surface area contributed by atoms with Gasteiger partial charge >= 0.3 is 0 Å². The number of benzene rings is 5. The van der Waals surface area contributed by atoms with Crippen molar-refractivity contribution in [2.75, 3.05) is 13.2 Å². The molecule has 5 aromatic carbocycles. The molecule has 0 radical (unpaired) electrons. The zero-order valence-electron chi connectivity index (χ0n) is 23.2. The Morgan fingerprint density at radius 2 is 1.23 bits per heavy atom. The van der Waals surface area contributed by atoms with Crippen molar-refractivity contribution >= 4 is 21.5 Å². The van der Waals surface area contributed by atoms with Gasteiger partial charge in [-0.3, -0.25) is 0 Å². The molecule has 3 heteroatoms. The topological polar surface area (TPSA) is 27.7 Å². The predicted molar refractivity (Wildman–Crippen MR) is 165 cm³/mol. The Hall–Kier alpha value is -4.50. The van der Waals surface area contributed by atoms with Gasteiger partial charge in [-0.05, 0) is 81.4 Å². The third-order valence-electron chi connectivity index (χ3n) is 7.48. The van der Waals surface area contributed by atoms with Gasteiger partial charge in [-0.1, -0.05) is 87.7 Å². The van der Waals surface area contributed by atoms with Gasteiger partial charge in [-0.25, -0.2) is 0 Å². The molecule has 3 nitrogen and oxygen atoms in total. The second-order valence-electron chi connectivity index (χ2n) is 10.8. The van der Waals surface area contributed by atoms with E-state index in [9.17, 15) is 0 Å². The lowest BCUT2D eigenvalue weighted by molar-refractivity contribution is 0.363. The van der Waals surface area contributed by atoms with E-state index in [0.717, 1.165) is 51.0 Å². The second-order valence-corrected chi connectivity index (χ2v) is 10.8. The molecule has 0 saturated heterocycles. The van der Waals surface area contributed by atoms with E-state index in [0.29, 0.717) is 19.1 Å². The third kappa shape index (κ3) is 4.84. The van der Waals surface area contributed by atoms with Crippen LogP contribution in [0.2, 0.25) is 0 Å². The van der Waals surface area contributed by atoms with Crippen molar-refractivity contribution in [3.63, 3.8) is 0 Å². The van der Waals surface area contributed by atoms with Crippen molar-refractivity contribution in [2.24, 2.45) is 5.92 Å². The van der Waals surface area contributed by atoms with E-state index in [2.05, 4.69) is 99.8 Å². The van der Waals surface area contributed by atoms with Crippen molar-refractivity contribution in [1.82, 2.24) is 0 Å². The molecule has 0 fully saturated rings. The predicted octanol–water partition coefficient (Wildman–Crippen LogP) is 9.61. The fourth-order valence-electron chi connectivity index (χ4n) is 5.80. The van der Waals surface area contributed by atoms with E-state index in [1.807, 2.05) is 12.1 Å². The molecular weight excluding hydrogens is 492 g/mol. The van der Waals surface area contributed by atoms with E-state index in [1.165, 1.54) is 22.3 Å². The number of hydrogen-bond donors (Lipinski definition) is 0. The van der Waals surface area contributed by atoms with Crippen LogP contribution in [0.3, 0.4) is 0 Å². The summed E-state index contributed by atoms with van der Waals surface area (Å²) in [5.41, 5.74) is 4.96. The molecule has 0 unspecified atom stereocenters. The summed E-state index contributed by atoms with van der Waals surface area (Å²) in [5.74, 6) is 4.05. The second kappa shape index (κ2) is 10.9. The lowest BCUT2D eigenvalue weighted by Crippen LogP contribution is -2.13. The minimum atomic E-state index is -0.000799. The minimum absolute atomic E-state index is 0.000799. The maximum absolute atomic E-state index is 6.62. The molecule has 0 saturated carbocycles. The Kier molecular flexibility index (Phi) is 7.04. The van der Waals surface area contributed by atoms with Crippen LogP contribution in [-0.2, 0) is 6.42 Å². The molecule has 1 aliphatic rings. The van der Waals surface area contributed by atoms with Gasteiger partial charge in [0.05, 0.1) is 0 Å². The summed E-state index contributed by atoms with van der Waals surface area (Å²) in [6, 6.07) is 30.2. The molecule has 0 atom stereocenters. The van der Waals surface area contributed by atoms with Gasteiger partial charge in [0.15, 0.2) is 0 Å². The molecular formula is C37H34O3. The maximum atomic E-state index is 6.62. The van der Waals surface area contributed by atoms with Crippen molar-refractivity contribution in [3.8, 4) is 23.0 Å². The average molecular weight is 527 g/mol. The Morgan fingerprint density at radius 3 is 1.70 bits per heavy atom. The van der Waals surface area contributed by atoms with Crippen LogP contribution in [0, 0.1) is 5.92 Å². The number of fused-ring (bicyclic) bond motifs is 6. The van der Waals surface area contributed by atoms with Crippen LogP contribution in [0.25, 0.3) is 21.5 Å². The van der Waals surface area contributed by atoms with E-state index in [-0.39, 0.29) is 5.92 Å². The van der Waals surface area contributed by atoms with Gasteiger partial charge in [0.25, 0.3) is 0 Å². The van der Waals surface area contributed by atoms with Gasteiger partial charge in [0, 0.05) is 17.0 Å². The van der Waals surface area contributed by atoms with Crippen LogP contribution < -0.4 is 14.2 Å². The van der Waals surface area contributed by atoms with Gasteiger partial charge in [-0.2, -0.15) is 0 Å². The van der Waals surface area contributed by atoms with Gasteiger partial charge in [0.1, 0.15) is 36.2 Å². The fraction of sp³-hybridized carbons (Fsp3) is 0.189. The highest BCUT2D eigenvalue weighted by molar-refractivity contribution is 5.96. The summed E-state index contributed by atoms with van der Waals surface area (Å²) >= 11 is 0. The lowest BCUT2D eigenvalue weighted by Gasteiger charge is -2.31. The van der Waals surface area contributed by atoms with Crippen LogP contribution in [0.1, 0.15) is 42.0 Å². The molecule has 0 aromatic heterocycles. The molecule has 0 amide bonds. The van der Waals surface area contributed by atoms with Gasteiger partial charge < -0.3 is 14.2 Å². The first-order valence-electron chi connectivity index (χ1n) is 13.9. The van der Waals surface area contributed by atoms with E-state index < -0.39 is 0 Å². The number of ether oxygens (including phenoxy) is 3. The first-order valence-corrected chi connectivity index (χ1v) is 13.9. The lowest BCUT2D eigenvalue weighted by atomic mass is 9.78. The smallest absolute Gasteiger partial charge is 0.132 e. The molecule has 6 rings (SSSR count). The largest absolute Gasteiger partial charge is 0.490 e. The average Bonchev–Trinajstić information content (AvgIpc) is 2.97. The Bertz CT molecular complexity index is 1610. The molecule has 40 heavy (non-hydrogen) atoms. The summed E-state index contributed by atoms with van der Waals surface area (Å²) in [6.45, 7) is 13.0. The molecule has 200 valence electrons.